The Balaban J connectivity index is 1.69. The smallest absolute Gasteiger partial charge is 0.156 e. The third-order valence-corrected chi connectivity index (χ3v) is 5.63. The molecule has 1 saturated heterocycles. The molecule has 1 saturated carbocycles. The van der Waals surface area contributed by atoms with E-state index in [4.69, 9.17) is 4.99 Å². The molecule has 2 nitrogen and oxygen atoms in total. The second-order valence-corrected chi connectivity index (χ2v) is 7.73. The molecule has 110 valence electrons. The van der Waals surface area contributed by atoms with Crippen LogP contribution in [0.5, 0.6) is 0 Å². The van der Waals surface area contributed by atoms with Crippen molar-refractivity contribution in [3.05, 3.63) is 0 Å². The Kier molecular flexibility index (Phi) is 6.06. The Labute approximate surface area is 123 Å². The van der Waals surface area contributed by atoms with Crippen LogP contribution < -0.4 is 5.32 Å². The van der Waals surface area contributed by atoms with Crippen LogP contribution >= 0.6 is 11.8 Å². The molecule has 1 atom stereocenters. The zero-order chi connectivity index (χ0) is 13.7. The average Bonchev–Trinajstić information content (AvgIpc) is 2.84. The zero-order valence-electron chi connectivity index (χ0n) is 12.8. The summed E-state index contributed by atoms with van der Waals surface area (Å²) in [6.07, 6.45) is 8.30. The number of amidine groups is 1. The van der Waals surface area contributed by atoms with E-state index in [1.165, 1.54) is 49.4 Å². The molecule has 0 aromatic heterocycles. The summed E-state index contributed by atoms with van der Waals surface area (Å²) in [5.41, 5.74) is 0. The highest BCUT2D eigenvalue weighted by atomic mass is 32.2. The monoisotopic (exact) mass is 282 g/mol. The van der Waals surface area contributed by atoms with E-state index < -0.39 is 0 Å². The predicted octanol–water partition coefficient (Wildman–Crippen LogP) is 4.31. The maximum absolute atomic E-state index is 4.82. The van der Waals surface area contributed by atoms with Crippen molar-refractivity contribution in [2.75, 3.05) is 12.3 Å². The predicted molar refractivity (Wildman–Crippen MR) is 86.9 cm³/mol. The molecule has 0 aromatic rings. The Hall–Kier alpha value is -0.180. The minimum atomic E-state index is 0.652. The quantitative estimate of drug-likeness (QED) is 0.812. The van der Waals surface area contributed by atoms with Crippen molar-refractivity contribution in [3.63, 3.8) is 0 Å². The lowest BCUT2D eigenvalue weighted by Crippen LogP contribution is -2.28. The standard InChI is InChI=1S/C16H30N2S/c1-4-13-5-7-14(8-6-13)10-17-16-18-15(11-19-16)9-12(2)3/h12-15H,4-11H2,1-3H3,(H,17,18). The van der Waals surface area contributed by atoms with Gasteiger partial charge in [0.15, 0.2) is 5.17 Å². The van der Waals surface area contributed by atoms with Gasteiger partial charge in [-0.25, -0.2) is 0 Å². The molecule has 0 radical (unpaired) electrons. The SMILES string of the molecule is CCC1CCC(CN=C2NC(CC(C)C)CS2)CC1. The molecule has 1 N–H and O–H groups in total. The van der Waals surface area contributed by atoms with E-state index in [1.807, 2.05) is 11.8 Å². The molecule has 2 rings (SSSR count). The molecular weight excluding hydrogens is 252 g/mol. The summed E-state index contributed by atoms with van der Waals surface area (Å²) in [6, 6.07) is 0.652. The van der Waals surface area contributed by atoms with Gasteiger partial charge in [-0.05, 0) is 37.0 Å². The Morgan fingerprint density at radius 2 is 1.89 bits per heavy atom. The lowest BCUT2D eigenvalue weighted by molar-refractivity contribution is 0.274. The van der Waals surface area contributed by atoms with Crippen LogP contribution in [0.25, 0.3) is 0 Å². The van der Waals surface area contributed by atoms with Crippen LogP contribution in [0.1, 0.15) is 59.3 Å². The summed E-state index contributed by atoms with van der Waals surface area (Å²) in [6.45, 7) is 7.99. The minimum absolute atomic E-state index is 0.652. The normalized spacial score (nSPS) is 33.9. The van der Waals surface area contributed by atoms with Gasteiger partial charge in [-0.15, -0.1) is 0 Å². The highest BCUT2D eigenvalue weighted by Crippen LogP contribution is 2.31. The van der Waals surface area contributed by atoms with Crippen LogP contribution in [0.4, 0.5) is 0 Å². The van der Waals surface area contributed by atoms with Crippen LogP contribution in [0.3, 0.4) is 0 Å². The fourth-order valence-corrected chi connectivity index (χ4v) is 4.25. The fourth-order valence-electron chi connectivity index (χ4n) is 3.26. The van der Waals surface area contributed by atoms with Gasteiger partial charge in [0.05, 0.1) is 0 Å². The summed E-state index contributed by atoms with van der Waals surface area (Å²) in [7, 11) is 0. The van der Waals surface area contributed by atoms with Gasteiger partial charge in [0.1, 0.15) is 0 Å². The van der Waals surface area contributed by atoms with E-state index >= 15 is 0 Å². The average molecular weight is 282 g/mol. The second kappa shape index (κ2) is 7.56. The lowest BCUT2D eigenvalue weighted by atomic mass is 9.81. The highest BCUT2D eigenvalue weighted by molar-refractivity contribution is 8.14. The summed E-state index contributed by atoms with van der Waals surface area (Å²) < 4.78 is 0. The molecule has 19 heavy (non-hydrogen) atoms. The summed E-state index contributed by atoms with van der Waals surface area (Å²) in [4.78, 5) is 4.82. The molecular formula is C16H30N2S. The first-order valence-electron chi connectivity index (χ1n) is 8.11. The van der Waals surface area contributed by atoms with E-state index in [2.05, 4.69) is 26.1 Å². The minimum Gasteiger partial charge on any atom is -0.361 e. The molecule has 0 aromatic carbocycles. The third-order valence-electron chi connectivity index (χ3n) is 4.54. The van der Waals surface area contributed by atoms with E-state index in [9.17, 15) is 0 Å². The van der Waals surface area contributed by atoms with Crippen molar-refractivity contribution >= 4 is 16.9 Å². The number of nitrogens with zero attached hydrogens (tertiary/aromatic N) is 1. The largest absolute Gasteiger partial charge is 0.361 e. The van der Waals surface area contributed by atoms with Gasteiger partial charge in [-0.1, -0.05) is 51.8 Å². The van der Waals surface area contributed by atoms with Crippen molar-refractivity contribution in [2.24, 2.45) is 22.7 Å². The maximum atomic E-state index is 4.82. The van der Waals surface area contributed by atoms with Crippen molar-refractivity contribution < 1.29 is 0 Å². The fraction of sp³-hybridized carbons (Fsp3) is 0.938. The maximum Gasteiger partial charge on any atom is 0.156 e. The number of nitrogens with one attached hydrogen (secondary N) is 1. The summed E-state index contributed by atoms with van der Waals surface area (Å²) >= 11 is 1.92. The molecule has 2 fully saturated rings. The highest BCUT2D eigenvalue weighted by Gasteiger charge is 2.23. The molecule has 3 heteroatoms. The molecule has 2 aliphatic rings. The third kappa shape index (κ3) is 5.02. The summed E-state index contributed by atoms with van der Waals surface area (Å²) in [5.74, 6) is 3.83. The number of rotatable bonds is 5. The second-order valence-electron chi connectivity index (χ2n) is 6.72. The van der Waals surface area contributed by atoms with Crippen molar-refractivity contribution in [1.29, 1.82) is 0 Å². The molecule has 1 heterocycles. The first-order valence-corrected chi connectivity index (χ1v) is 9.09. The van der Waals surface area contributed by atoms with Gasteiger partial charge in [-0.2, -0.15) is 0 Å². The van der Waals surface area contributed by atoms with Crippen molar-refractivity contribution in [1.82, 2.24) is 5.32 Å². The van der Waals surface area contributed by atoms with Crippen LogP contribution in [0, 0.1) is 17.8 Å². The van der Waals surface area contributed by atoms with Gasteiger partial charge >= 0.3 is 0 Å². The first-order chi connectivity index (χ1) is 9.17. The van der Waals surface area contributed by atoms with Crippen molar-refractivity contribution in [3.8, 4) is 0 Å². The number of aliphatic imine (C=N–C) groups is 1. The number of thioether (sulfide) groups is 1. The molecule has 1 unspecified atom stereocenters. The Morgan fingerprint density at radius 1 is 1.21 bits per heavy atom. The Bertz CT molecular complexity index is 293. The van der Waals surface area contributed by atoms with Crippen LogP contribution in [-0.4, -0.2) is 23.5 Å². The van der Waals surface area contributed by atoms with E-state index in [0.29, 0.717) is 6.04 Å². The van der Waals surface area contributed by atoms with Crippen LogP contribution in [-0.2, 0) is 0 Å². The van der Waals surface area contributed by atoms with Crippen molar-refractivity contribution in [2.45, 2.75) is 65.3 Å². The van der Waals surface area contributed by atoms with Crippen LogP contribution in [0.2, 0.25) is 0 Å². The zero-order valence-corrected chi connectivity index (χ0v) is 13.6. The molecule has 0 spiro atoms. The molecule has 0 amide bonds. The first kappa shape index (κ1) is 15.2. The number of hydrogen-bond acceptors (Lipinski definition) is 2. The molecule has 1 aliphatic heterocycles. The Morgan fingerprint density at radius 3 is 2.53 bits per heavy atom. The lowest BCUT2D eigenvalue weighted by Gasteiger charge is -2.26. The van der Waals surface area contributed by atoms with Gasteiger partial charge in [0, 0.05) is 18.3 Å². The van der Waals surface area contributed by atoms with Gasteiger partial charge in [0.2, 0.25) is 0 Å². The number of hydrogen-bond donors (Lipinski definition) is 1. The molecule has 1 aliphatic carbocycles. The van der Waals surface area contributed by atoms with Gasteiger partial charge in [0.25, 0.3) is 0 Å². The van der Waals surface area contributed by atoms with E-state index in [-0.39, 0.29) is 0 Å². The van der Waals surface area contributed by atoms with E-state index in [0.717, 1.165) is 24.3 Å². The summed E-state index contributed by atoms with van der Waals surface area (Å²) in [5, 5.41) is 4.81. The topological polar surface area (TPSA) is 24.4 Å². The van der Waals surface area contributed by atoms with Gasteiger partial charge in [-0.3, -0.25) is 4.99 Å². The van der Waals surface area contributed by atoms with Crippen LogP contribution in [0.15, 0.2) is 4.99 Å². The van der Waals surface area contributed by atoms with Gasteiger partial charge < -0.3 is 5.32 Å². The molecule has 0 bridgehead atoms. The van der Waals surface area contributed by atoms with E-state index in [1.54, 1.807) is 0 Å².